The minimum Gasteiger partial charge on any atom is -0.379 e. The maximum absolute atomic E-state index is 14.6. The number of hydrogen-bond acceptors (Lipinski definition) is 5. The zero-order chi connectivity index (χ0) is 22.1. The van der Waals surface area contributed by atoms with Crippen LogP contribution in [0.4, 0.5) is 10.2 Å². The van der Waals surface area contributed by atoms with E-state index in [-0.39, 0.29) is 17.6 Å². The topological polar surface area (TPSA) is 72.3 Å². The summed E-state index contributed by atoms with van der Waals surface area (Å²) in [5, 5.41) is 8.25. The largest absolute Gasteiger partial charge is 0.379 e. The van der Waals surface area contributed by atoms with Crippen molar-refractivity contribution in [3.05, 3.63) is 42.6 Å². The van der Waals surface area contributed by atoms with Gasteiger partial charge in [0.15, 0.2) is 0 Å². The summed E-state index contributed by atoms with van der Waals surface area (Å²) >= 11 is 0. The number of nitrogens with zero attached hydrogens (tertiary/aromatic N) is 4. The van der Waals surface area contributed by atoms with Crippen LogP contribution >= 0.6 is 0 Å². The number of benzene rings is 1. The predicted octanol–water partition coefficient (Wildman–Crippen LogP) is 3.60. The number of rotatable bonds is 4. The Balaban J connectivity index is 1.27. The third-order valence-corrected chi connectivity index (χ3v) is 6.71. The summed E-state index contributed by atoms with van der Waals surface area (Å²) < 4.78 is 21.8. The number of aromatic nitrogens is 3. The number of carbonyl (C=O) groups excluding carboxylic acids is 1. The number of carbonyl (C=O) groups is 1. The monoisotopic (exact) mass is 437 g/mol. The van der Waals surface area contributed by atoms with Crippen LogP contribution in [0.2, 0.25) is 0 Å². The fraction of sp³-hybridized carbons (Fsp3) is 0.458. The Morgan fingerprint density at radius 1 is 1.09 bits per heavy atom. The number of aryl methyl sites for hydroxylation is 1. The standard InChI is InChI=1S/C24H28FN5O2/c1-29-15-19(13-27-29)17-10-18-12-23(26-14-21(18)22(25)11-17)28-24(31)16-2-4-20(5-3-16)30-6-8-32-9-7-30/h10-16,20H,2-9H2,1H3,(H,26,28,31)/t16-,20+. The lowest BCUT2D eigenvalue weighted by molar-refractivity contribution is -0.121. The van der Waals surface area contributed by atoms with Crippen LogP contribution in [-0.4, -0.2) is 57.9 Å². The first-order valence-electron chi connectivity index (χ1n) is 11.3. The highest BCUT2D eigenvalue weighted by atomic mass is 19.1. The van der Waals surface area contributed by atoms with Gasteiger partial charge in [-0.3, -0.25) is 14.4 Å². The lowest BCUT2D eigenvalue weighted by Gasteiger charge is -2.38. The van der Waals surface area contributed by atoms with Crippen molar-refractivity contribution in [2.75, 3.05) is 31.6 Å². The number of anilines is 1. The van der Waals surface area contributed by atoms with E-state index in [0.29, 0.717) is 22.6 Å². The second kappa shape index (κ2) is 8.96. The van der Waals surface area contributed by atoms with E-state index in [2.05, 4.69) is 20.3 Å². The third kappa shape index (κ3) is 4.38. The molecule has 3 heterocycles. The Kier molecular flexibility index (Phi) is 5.89. The van der Waals surface area contributed by atoms with E-state index in [1.807, 2.05) is 19.3 Å². The summed E-state index contributed by atoms with van der Waals surface area (Å²) in [6.07, 6.45) is 8.85. The highest BCUT2D eigenvalue weighted by Gasteiger charge is 2.30. The average molecular weight is 438 g/mol. The minimum atomic E-state index is -0.340. The number of ether oxygens (including phenoxy) is 1. The average Bonchev–Trinajstić information content (AvgIpc) is 3.26. The van der Waals surface area contributed by atoms with Crippen LogP contribution in [0, 0.1) is 11.7 Å². The zero-order valence-electron chi connectivity index (χ0n) is 18.3. The molecule has 2 aromatic heterocycles. The van der Waals surface area contributed by atoms with E-state index in [1.54, 1.807) is 16.9 Å². The summed E-state index contributed by atoms with van der Waals surface area (Å²) in [4.78, 5) is 19.7. The molecule has 168 valence electrons. The molecule has 3 aromatic rings. The first kappa shape index (κ1) is 21.0. The molecule has 0 radical (unpaired) electrons. The predicted molar refractivity (Wildman–Crippen MR) is 121 cm³/mol. The van der Waals surface area contributed by atoms with Gasteiger partial charge in [0.1, 0.15) is 11.6 Å². The summed E-state index contributed by atoms with van der Waals surface area (Å²) in [6.45, 7) is 3.58. The van der Waals surface area contributed by atoms with Crippen LogP contribution in [0.5, 0.6) is 0 Å². The molecule has 7 nitrogen and oxygen atoms in total. The molecule has 2 aliphatic rings. The molecule has 1 amide bonds. The van der Waals surface area contributed by atoms with Gasteiger partial charge in [0.2, 0.25) is 5.91 Å². The minimum absolute atomic E-state index is 0.00108. The molecule has 1 N–H and O–H groups in total. The SMILES string of the molecule is Cn1cc(-c2cc(F)c3cnc(NC(=O)[C@H]4CC[C@@H](N5CCOCC5)CC4)cc3c2)cn1. The third-order valence-electron chi connectivity index (χ3n) is 6.71. The van der Waals surface area contributed by atoms with Crippen molar-refractivity contribution in [2.24, 2.45) is 13.0 Å². The van der Waals surface area contributed by atoms with Crippen molar-refractivity contribution < 1.29 is 13.9 Å². The van der Waals surface area contributed by atoms with Gasteiger partial charge in [-0.15, -0.1) is 0 Å². The molecule has 1 saturated heterocycles. The molecule has 32 heavy (non-hydrogen) atoms. The van der Waals surface area contributed by atoms with Gasteiger partial charge in [-0.1, -0.05) is 0 Å². The molecule has 2 fully saturated rings. The normalized spacial score (nSPS) is 22.2. The summed E-state index contributed by atoms with van der Waals surface area (Å²) in [5.41, 5.74) is 1.58. The van der Waals surface area contributed by atoms with Gasteiger partial charge >= 0.3 is 0 Å². The summed E-state index contributed by atoms with van der Waals surface area (Å²) in [7, 11) is 1.83. The van der Waals surface area contributed by atoms with E-state index in [1.165, 1.54) is 12.3 Å². The van der Waals surface area contributed by atoms with Gasteiger partial charge < -0.3 is 10.1 Å². The van der Waals surface area contributed by atoms with E-state index in [0.717, 1.165) is 63.1 Å². The Morgan fingerprint density at radius 2 is 1.88 bits per heavy atom. The van der Waals surface area contributed by atoms with Crippen LogP contribution in [0.1, 0.15) is 25.7 Å². The van der Waals surface area contributed by atoms with Crippen LogP contribution in [0.15, 0.2) is 36.8 Å². The molecule has 1 aliphatic heterocycles. The molecular formula is C24H28FN5O2. The lowest BCUT2D eigenvalue weighted by Crippen LogP contribution is -2.45. The number of hydrogen-bond donors (Lipinski definition) is 1. The van der Waals surface area contributed by atoms with Gasteiger partial charge in [0.25, 0.3) is 0 Å². The van der Waals surface area contributed by atoms with Crippen LogP contribution in [0.3, 0.4) is 0 Å². The highest BCUT2D eigenvalue weighted by molar-refractivity contribution is 5.95. The van der Waals surface area contributed by atoms with Gasteiger partial charge in [0.05, 0.1) is 19.4 Å². The number of nitrogens with one attached hydrogen (secondary N) is 1. The van der Waals surface area contributed by atoms with Crippen molar-refractivity contribution >= 4 is 22.5 Å². The smallest absolute Gasteiger partial charge is 0.228 e. The fourth-order valence-electron chi connectivity index (χ4n) is 4.89. The van der Waals surface area contributed by atoms with Crippen molar-refractivity contribution in [2.45, 2.75) is 31.7 Å². The Labute approximate surface area is 186 Å². The van der Waals surface area contributed by atoms with Crippen molar-refractivity contribution in [3.8, 4) is 11.1 Å². The number of amides is 1. The van der Waals surface area contributed by atoms with Crippen LogP contribution < -0.4 is 5.32 Å². The molecule has 0 spiro atoms. The molecule has 8 heteroatoms. The van der Waals surface area contributed by atoms with E-state index in [4.69, 9.17) is 4.74 Å². The summed E-state index contributed by atoms with van der Waals surface area (Å²) in [5.74, 6) is 0.109. The highest BCUT2D eigenvalue weighted by Crippen LogP contribution is 2.30. The molecule has 1 aromatic carbocycles. The van der Waals surface area contributed by atoms with E-state index >= 15 is 0 Å². The maximum Gasteiger partial charge on any atom is 0.228 e. The van der Waals surface area contributed by atoms with Gasteiger partial charge in [-0.05, 0) is 54.8 Å². The van der Waals surface area contributed by atoms with Crippen molar-refractivity contribution in [3.63, 3.8) is 0 Å². The number of pyridine rings is 1. The second-order valence-electron chi connectivity index (χ2n) is 8.79. The maximum atomic E-state index is 14.6. The van der Waals surface area contributed by atoms with Crippen molar-refractivity contribution in [1.29, 1.82) is 0 Å². The molecule has 0 bridgehead atoms. The molecule has 0 atom stereocenters. The first-order chi connectivity index (χ1) is 15.6. The molecule has 1 saturated carbocycles. The molecule has 0 unspecified atom stereocenters. The lowest BCUT2D eigenvalue weighted by atomic mass is 9.84. The summed E-state index contributed by atoms with van der Waals surface area (Å²) in [6, 6.07) is 5.69. The number of fused-ring (bicyclic) bond motifs is 1. The Morgan fingerprint density at radius 3 is 2.59 bits per heavy atom. The van der Waals surface area contributed by atoms with Crippen molar-refractivity contribution in [1.82, 2.24) is 19.7 Å². The zero-order valence-corrected chi connectivity index (χ0v) is 18.3. The number of halogens is 1. The Bertz CT molecular complexity index is 1120. The van der Waals surface area contributed by atoms with Crippen LogP contribution in [0.25, 0.3) is 21.9 Å². The first-order valence-corrected chi connectivity index (χ1v) is 11.3. The molecular weight excluding hydrogens is 409 g/mol. The quantitative estimate of drug-likeness (QED) is 0.675. The van der Waals surface area contributed by atoms with Gasteiger partial charge in [0, 0.05) is 55.4 Å². The Hall–Kier alpha value is -2.84. The van der Waals surface area contributed by atoms with Gasteiger partial charge in [-0.25, -0.2) is 9.37 Å². The fourth-order valence-corrected chi connectivity index (χ4v) is 4.89. The van der Waals surface area contributed by atoms with Crippen LogP contribution in [-0.2, 0) is 16.6 Å². The second-order valence-corrected chi connectivity index (χ2v) is 8.79. The van der Waals surface area contributed by atoms with Gasteiger partial charge in [-0.2, -0.15) is 5.10 Å². The molecule has 5 rings (SSSR count). The van der Waals surface area contributed by atoms with E-state index < -0.39 is 0 Å². The number of morpholine rings is 1. The molecule has 1 aliphatic carbocycles. The van der Waals surface area contributed by atoms with E-state index in [9.17, 15) is 9.18 Å².